The van der Waals surface area contributed by atoms with Crippen LogP contribution in [0.25, 0.3) is 0 Å². The molecule has 6 nitrogen and oxygen atoms in total. The molecule has 0 radical (unpaired) electrons. The van der Waals surface area contributed by atoms with Gasteiger partial charge in [0.15, 0.2) is 5.76 Å². The first-order valence-electron chi connectivity index (χ1n) is 8.32. The first kappa shape index (κ1) is 17.2. The van der Waals surface area contributed by atoms with E-state index in [2.05, 4.69) is 10.6 Å². The Morgan fingerprint density at radius 3 is 2.64 bits per heavy atom. The van der Waals surface area contributed by atoms with E-state index in [-0.39, 0.29) is 24.2 Å². The van der Waals surface area contributed by atoms with Gasteiger partial charge in [0, 0.05) is 11.3 Å². The van der Waals surface area contributed by atoms with E-state index in [4.69, 9.17) is 4.42 Å². The first-order chi connectivity index (χ1) is 11.9. The molecular formula is C19H22N2O4. The predicted molar refractivity (Wildman–Crippen MR) is 93.5 cm³/mol. The first-order valence-corrected chi connectivity index (χ1v) is 8.32. The summed E-state index contributed by atoms with van der Waals surface area (Å²) in [6.07, 6.45) is 3.45. The minimum atomic E-state index is -0.612. The molecule has 2 aromatic rings. The molecule has 0 aliphatic heterocycles. The Hall–Kier alpha value is -2.60. The summed E-state index contributed by atoms with van der Waals surface area (Å²) in [5.41, 5.74) is 1.20. The number of aliphatic hydroxyl groups is 1. The van der Waals surface area contributed by atoms with Gasteiger partial charge >= 0.3 is 0 Å². The van der Waals surface area contributed by atoms with Crippen LogP contribution in [0.2, 0.25) is 0 Å². The van der Waals surface area contributed by atoms with E-state index in [0.717, 1.165) is 18.4 Å². The van der Waals surface area contributed by atoms with Gasteiger partial charge in [0.05, 0.1) is 18.4 Å². The van der Waals surface area contributed by atoms with Crippen molar-refractivity contribution in [3.05, 3.63) is 53.5 Å². The maximum Gasteiger partial charge on any atom is 0.291 e. The minimum Gasteiger partial charge on any atom is -0.459 e. The number of hydrogen-bond acceptors (Lipinski definition) is 4. The van der Waals surface area contributed by atoms with Gasteiger partial charge in [-0.2, -0.15) is 0 Å². The quantitative estimate of drug-likeness (QED) is 0.753. The molecule has 132 valence electrons. The molecule has 3 rings (SSSR count). The molecule has 1 saturated carbocycles. The zero-order valence-corrected chi connectivity index (χ0v) is 14.3. The van der Waals surface area contributed by atoms with Gasteiger partial charge in [-0.15, -0.1) is 0 Å². The van der Waals surface area contributed by atoms with Crippen LogP contribution in [0, 0.1) is 12.8 Å². The van der Waals surface area contributed by atoms with Gasteiger partial charge in [-0.1, -0.05) is 6.07 Å². The number of carbonyl (C=O) groups is 2. The zero-order valence-electron chi connectivity index (χ0n) is 14.3. The molecular weight excluding hydrogens is 320 g/mol. The summed E-state index contributed by atoms with van der Waals surface area (Å²) in [4.78, 5) is 24.7. The number of hydrogen-bond donors (Lipinski definition) is 3. The van der Waals surface area contributed by atoms with Crippen LogP contribution in [0.4, 0.5) is 5.69 Å². The van der Waals surface area contributed by atoms with Crippen LogP contribution in [0.1, 0.15) is 46.2 Å². The van der Waals surface area contributed by atoms with Gasteiger partial charge in [0.2, 0.25) is 0 Å². The Morgan fingerprint density at radius 1 is 1.28 bits per heavy atom. The number of aliphatic hydroxyl groups excluding tert-OH is 1. The average molecular weight is 342 g/mol. The van der Waals surface area contributed by atoms with Crippen LogP contribution in [0.3, 0.4) is 0 Å². The summed E-state index contributed by atoms with van der Waals surface area (Å²) in [6, 6.07) is 8.33. The van der Waals surface area contributed by atoms with Crippen LogP contribution < -0.4 is 10.6 Å². The Bertz CT molecular complexity index is 781. The molecule has 2 amide bonds. The molecule has 1 fully saturated rings. The summed E-state index contributed by atoms with van der Waals surface area (Å²) in [5, 5.41) is 15.3. The van der Waals surface area contributed by atoms with Gasteiger partial charge < -0.3 is 20.2 Å². The lowest BCUT2D eigenvalue weighted by molar-refractivity contribution is 0.0824. The maximum absolute atomic E-state index is 12.6. The van der Waals surface area contributed by atoms with Crippen LogP contribution in [-0.2, 0) is 0 Å². The molecule has 25 heavy (non-hydrogen) atoms. The maximum atomic E-state index is 12.6. The van der Waals surface area contributed by atoms with Crippen molar-refractivity contribution in [3.63, 3.8) is 0 Å². The molecule has 1 unspecified atom stereocenters. The second-order valence-corrected chi connectivity index (χ2v) is 6.77. The number of rotatable bonds is 6. The summed E-state index contributed by atoms with van der Waals surface area (Å²) in [5.74, 6) is -0.123. The van der Waals surface area contributed by atoms with Crippen molar-refractivity contribution in [3.8, 4) is 0 Å². The van der Waals surface area contributed by atoms with E-state index in [1.54, 1.807) is 30.3 Å². The van der Waals surface area contributed by atoms with Crippen molar-refractivity contribution >= 4 is 17.5 Å². The molecule has 3 N–H and O–H groups in total. The fraction of sp³-hybridized carbons (Fsp3) is 0.368. The number of furan rings is 1. The second-order valence-electron chi connectivity index (χ2n) is 6.77. The van der Waals surface area contributed by atoms with Crippen molar-refractivity contribution in [2.75, 3.05) is 11.9 Å². The molecule has 1 aromatic heterocycles. The predicted octanol–water partition coefficient (Wildman–Crippen LogP) is 2.73. The minimum absolute atomic E-state index is 0.0998. The fourth-order valence-electron chi connectivity index (χ4n) is 2.81. The third-order valence-corrected chi connectivity index (χ3v) is 4.70. The van der Waals surface area contributed by atoms with Crippen molar-refractivity contribution in [1.82, 2.24) is 5.32 Å². The van der Waals surface area contributed by atoms with Gasteiger partial charge in [0.25, 0.3) is 11.8 Å². The van der Waals surface area contributed by atoms with E-state index >= 15 is 0 Å². The fourth-order valence-corrected chi connectivity index (χ4v) is 2.81. The van der Waals surface area contributed by atoms with E-state index in [0.29, 0.717) is 17.2 Å². The van der Waals surface area contributed by atoms with Crippen LogP contribution >= 0.6 is 0 Å². The van der Waals surface area contributed by atoms with E-state index < -0.39 is 5.54 Å². The smallest absolute Gasteiger partial charge is 0.291 e. The van der Waals surface area contributed by atoms with E-state index in [9.17, 15) is 14.7 Å². The van der Waals surface area contributed by atoms with Crippen molar-refractivity contribution in [1.29, 1.82) is 0 Å². The molecule has 0 spiro atoms. The monoisotopic (exact) mass is 342 g/mol. The highest BCUT2D eigenvalue weighted by Crippen LogP contribution is 2.39. The lowest BCUT2D eigenvalue weighted by Gasteiger charge is -2.29. The van der Waals surface area contributed by atoms with Crippen LogP contribution in [0.5, 0.6) is 0 Å². The standard InChI is InChI=1S/C19H22N2O4/c1-12-5-6-13(17(23)21-19(2,11-22)14-7-8-14)10-15(12)20-18(24)16-4-3-9-25-16/h3-6,9-10,14,22H,7-8,11H2,1-2H3,(H,20,24)(H,21,23). The molecule has 0 saturated heterocycles. The zero-order chi connectivity index (χ0) is 18.0. The Balaban J connectivity index is 1.76. The molecule has 1 aliphatic carbocycles. The topological polar surface area (TPSA) is 91.6 Å². The number of nitrogens with one attached hydrogen (secondary N) is 2. The Morgan fingerprint density at radius 2 is 2.04 bits per heavy atom. The summed E-state index contributed by atoms with van der Waals surface area (Å²) in [6.45, 7) is 3.61. The van der Waals surface area contributed by atoms with Crippen LogP contribution in [0.15, 0.2) is 41.0 Å². The highest BCUT2D eigenvalue weighted by atomic mass is 16.3. The average Bonchev–Trinajstić information content (AvgIpc) is 3.32. The number of benzene rings is 1. The van der Waals surface area contributed by atoms with Crippen molar-refractivity contribution < 1.29 is 19.1 Å². The SMILES string of the molecule is Cc1ccc(C(=O)NC(C)(CO)C2CC2)cc1NC(=O)c1ccco1. The lowest BCUT2D eigenvalue weighted by Crippen LogP contribution is -2.50. The van der Waals surface area contributed by atoms with Gasteiger partial charge in [-0.3, -0.25) is 9.59 Å². The van der Waals surface area contributed by atoms with Gasteiger partial charge in [-0.05, 0) is 62.4 Å². The van der Waals surface area contributed by atoms with E-state index in [1.807, 2.05) is 13.8 Å². The van der Waals surface area contributed by atoms with Crippen molar-refractivity contribution in [2.45, 2.75) is 32.2 Å². The molecule has 1 heterocycles. The normalized spacial score (nSPS) is 16.1. The summed E-state index contributed by atoms with van der Waals surface area (Å²) < 4.78 is 5.08. The third kappa shape index (κ3) is 3.74. The summed E-state index contributed by atoms with van der Waals surface area (Å²) in [7, 11) is 0. The molecule has 1 atom stereocenters. The second kappa shape index (κ2) is 6.72. The molecule has 0 bridgehead atoms. The van der Waals surface area contributed by atoms with Crippen LogP contribution in [-0.4, -0.2) is 29.1 Å². The highest BCUT2D eigenvalue weighted by Gasteiger charge is 2.42. The van der Waals surface area contributed by atoms with Gasteiger partial charge in [-0.25, -0.2) is 0 Å². The number of carbonyl (C=O) groups excluding carboxylic acids is 2. The number of aryl methyl sites for hydroxylation is 1. The Labute approximate surface area is 146 Å². The molecule has 1 aromatic carbocycles. The molecule has 6 heteroatoms. The highest BCUT2D eigenvalue weighted by molar-refractivity contribution is 6.04. The van der Waals surface area contributed by atoms with Crippen molar-refractivity contribution in [2.24, 2.45) is 5.92 Å². The molecule has 1 aliphatic rings. The Kier molecular flexibility index (Phi) is 4.63. The largest absolute Gasteiger partial charge is 0.459 e. The number of amides is 2. The van der Waals surface area contributed by atoms with E-state index in [1.165, 1.54) is 6.26 Å². The third-order valence-electron chi connectivity index (χ3n) is 4.70. The lowest BCUT2D eigenvalue weighted by atomic mass is 9.96. The van der Waals surface area contributed by atoms with Gasteiger partial charge in [0.1, 0.15) is 0 Å². The summed E-state index contributed by atoms with van der Waals surface area (Å²) >= 11 is 0. The number of anilines is 1.